The van der Waals surface area contributed by atoms with Gasteiger partial charge in [0.25, 0.3) is 0 Å². The van der Waals surface area contributed by atoms with Gasteiger partial charge in [-0.2, -0.15) is 5.10 Å². The molecule has 0 saturated carbocycles. The minimum absolute atomic E-state index is 0.613. The number of nitrogens with one attached hydrogen (secondary N) is 1. The summed E-state index contributed by atoms with van der Waals surface area (Å²) in [6.45, 7) is 0. The number of anilines is 1. The molecule has 2 heterocycles. The van der Waals surface area contributed by atoms with Crippen LogP contribution in [0.4, 0.5) is 5.82 Å². The topological polar surface area (TPSA) is 42.7 Å². The highest BCUT2D eigenvalue weighted by Gasteiger charge is 2.16. The molecule has 7 heteroatoms. The van der Waals surface area contributed by atoms with Crippen molar-refractivity contribution in [2.45, 2.75) is 4.10 Å². The van der Waals surface area contributed by atoms with E-state index in [9.17, 15) is 0 Å². The number of hydrogen-bond acceptors (Lipinski definition) is 5. The van der Waals surface area contributed by atoms with Gasteiger partial charge in [0.05, 0.1) is 6.20 Å². The van der Waals surface area contributed by atoms with Crippen molar-refractivity contribution in [3.63, 3.8) is 0 Å². The number of rotatable bonds is 3. The van der Waals surface area contributed by atoms with Crippen LogP contribution in [0.25, 0.3) is 21.9 Å². The Morgan fingerprint density at radius 3 is 2.62 bits per heavy atom. The summed E-state index contributed by atoms with van der Waals surface area (Å²) in [5, 5.41) is 9.62. The molecule has 0 amide bonds. The molecule has 0 radical (unpaired) electrons. The molecule has 0 unspecified atom stereocenters. The standard InChI is InChI=1S/C14H15BN4S2/c1-16-13-5-11-4-9(2-3-10(11)6-17-13)12-7-18-19(8-12)14(15,20)21/h2-8,20-21H,15H2,1H3,(H,16,17). The summed E-state index contributed by atoms with van der Waals surface area (Å²) in [5.74, 6) is 0.855. The molecule has 21 heavy (non-hydrogen) atoms. The lowest BCUT2D eigenvalue weighted by Gasteiger charge is -2.16. The minimum atomic E-state index is -0.613. The number of fused-ring (bicyclic) bond motifs is 1. The van der Waals surface area contributed by atoms with E-state index in [2.05, 4.69) is 58.9 Å². The summed E-state index contributed by atoms with van der Waals surface area (Å²) in [6, 6.07) is 8.30. The average Bonchev–Trinajstić information content (AvgIpc) is 2.96. The van der Waals surface area contributed by atoms with Gasteiger partial charge >= 0.3 is 0 Å². The van der Waals surface area contributed by atoms with Crippen LogP contribution in [0.15, 0.2) is 42.9 Å². The fraction of sp³-hybridized carbons (Fsp3) is 0.143. The van der Waals surface area contributed by atoms with Gasteiger partial charge in [0.15, 0.2) is 7.85 Å². The fourth-order valence-corrected chi connectivity index (χ4v) is 2.38. The van der Waals surface area contributed by atoms with Gasteiger partial charge in [0.1, 0.15) is 9.92 Å². The molecule has 0 spiro atoms. The third-order valence-corrected chi connectivity index (χ3v) is 3.74. The lowest BCUT2D eigenvalue weighted by atomic mass is 10.0. The molecule has 0 aliphatic heterocycles. The summed E-state index contributed by atoms with van der Waals surface area (Å²) in [4.78, 5) is 4.32. The van der Waals surface area contributed by atoms with Gasteiger partial charge in [0.2, 0.25) is 0 Å². The van der Waals surface area contributed by atoms with Gasteiger partial charge in [-0.15, -0.1) is 25.3 Å². The van der Waals surface area contributed by atoms with E-state index >= 15 is 0 Å². The van der Waals surface area contributed by atoms with Crippen molar-refractivity contribution >= 4 is 49.7 Å². The normalized spacial score (nSPS) is 11.8. The first-order chi connectivity index (χ1) is 9.97. The Morgan fingerprint density at radius 2 is 1.95 bits per heavy atom. The van der Waals surface area contributed by atoms with E-state index in [1.54, 1.807) is 4.68 Å². The molecular weight excluding hydrogens is 299 g/mol. The van der Waals surface area contributed by atoms with E-state index < -0.39 is 4.10 Å². The summed E-state index contributed by atoms with van der Waals surface area (Å²) in [7, 11) is 3.74. The number of aromatic nitrogens is 3. The molecular formula is C14H15BN4S2. The van der Waals surface area contributed by atoms with Crippen LogP contribution in [0.5, 0.6) is 0 Å². The number of thiol groups is 2. The van der Waals surface area contributed by atoms with E-state index in [4.69, 9.17) is 0 Å². The van der Waals surface area contributed by atoms with Crippen LogP contribution >= 0.6 is 25.3 Å². The monoisotopic (exact) mass is 314 g/mol. The quantitative estimate of drug-likeness (QED) is 0.394. The zero-order chi connectivity index (χ0) is 15.0. The van der Waals surface area contributed by atoms with E-state index in [1.165, 1.54) is 0 Å². The Labute approximate surface area is 135 Å². The first kappa shape index (κ1) is 14.3. The highest BCUT2D eigenvalue weighted by atomic mass is 32.2. The molecule has 106 valence electrons. The third kappa shape index (κ3) is 2.89. The van der Waals surface area contributed by atoms with Crippen LogP contribution < -0.4 is 5.32 Å². The highest BCUT2D eigenvalue weighted by molar-refractivity contribution is 8.01. The van der Waals surface area contributed by atoms with Gasteiger partial charge in [-0.1, -0.05) is 12.1 Å². The van der Waals surface area contributed by atoms with Gasteiger partial charge in [-0.05, 0) is 23.1 Å². The fourth-order valence-electron chi connectivity index (χ4n) is 2.16. The summed E-state index contributed by atoms with van der Waals surface area (Å²) in [6.07, 6.45) is 5.64. The Morgan fingerprint density at radius 1 is 1.14 bits per heavy atom. The van der Waals surface area contributed by atoms with Gasteiger partial charge in [-0.3, -0.25) is 4.68 Å². The van der Waals surface area contributed by atoms with Crippen LogP contribution in [-0.2, 0) is 4.10 Å². The number of pyridine rings is 1. The Kier molecular flexibility index (Phi) is 3.63. The number of benzene rings is 1. The molecule has 0 aliphatic carbocycles. The summed E-state index contributed by atoms with van der Waals surface area (Å²) >= 11 is 8.81. The molecule has 3 rings (SSSR count). The molecule has 0 fully saturated rings. The smallest absolute Gasteiger partial charge is 0.164 e. The molecule has 0 bridgehead atoms. The molecule has 0 saturated heterocycles. The van der Waals surface area contributed by atoms with Crippen molar-refractivity contribution < 1.29 is 0 Å². The Hall–Kier alpha value is -1.60. The zero-order valence-electron chi connectivity index (χ0n) is 11.8. The van der Waals surface area contributed by atoms with Crippen molar-refractivity contribution in [1.29, 1.82) is 0 Å². The predicted molar refractivity (Wildman–Crippen MR) is 97.0 cm³/mol. The van der Waals surface area contributed by atoms with Crippen molar-refractivity contribution in [3.8, 4) is 11.1 Å². The van der Waals surface area contributed by atoms with Gasteiger partial charge < -0.3 is 5.32 Å². The molecule has 3 aromatic rings. The summed E-state index contributed by atoms with van der Waals surface area (Å²) in [5.41, 5.74) is 2.14. The zero-order valence-corrected chi connectivity index (χ0v) is 13.6. The SMILES string of the molecule is BC(S)(S)n1cc(-c2ccc3cnc(NC)cc3c2)cn1. The highest BCUT2D eigenvalue weighted by Crippen LogP contribution is 2.28. The average molecular weight is 314 g/mol. The molecule has 4 nitrogen and oxygen atoms in total. The molecule has 0 atom stereocenters. The van der Waals surface area contributed by atoms with Crippen LogP contribution in [0.2, 0.25) is 0 Å². The van der Waals surface area contributed by atoms with Crippen LogP contribution in [0.3, 0.4) is 0 Å². The lowest BCUT2D eigenvalue weighted by molar-refractivity contribution is 0.698. The number of nitrogens with zero attached hydrogens (tertiary/aromatic N) is 3. The second kappa shape index (κ2) is 5.31. The maximum Gasteiger partial charge on any atom is 0.164 e. The Bertz CT molecular complexity index is 795. The second-order valence-electron chi connectivity index (χ2n) is 5.03. The minimum Gasteiger partial charge on any atom is -0.373 e. The largest absolute Gasteiger partial charge is 0.373 e. The number of hydrogen-bond donors (Lipinski definition) is 3. The van der Waals surface area contributed by atoms with Crippen LogP contribution in [-0.4, -0.2) is 29.7 Å². The lowest BCUT2D eigenvalue weighted by Crippen LogP contribution is -2.20. The van der Waals surface area contributed by atoms with Crippen molar-refractivity contribution in [1.82, 2.24) is 14.8 Å². The summed E-state index contributed by atoms with van der Waals surface area (Å²) < 4.78 is 1.11. The molecule has 1 N–H and O–H groups in total. The first-order valence-electron chi connectivity index (χ1n) is 6.55. The first-order valence-corrected chi connectivity index (χ1v) is 7.44. The second-order valence-corrected chi connectivity index (χ2v) is 7.12. The van der Waals surface area contributed by atoms with Gasteiger partial charge in [-0.25, -0.2) is 4.98 Å². The predicted octanol–water partition coefficient (Wildman–Crippen LogP) is 2.20. The molecule has 0 aliphatic rings. The van der Waals surface area contributed by atoms with E-state index in [1.807, 2.05) is 39.6 Å². The molecule has 1 aromatic carbocycles. The van der Waals surface area contributed by atoms with Crippen molar-refractivity contribution in [3.05, 3.63) is 42.9 Å². The van der Waals surface area contributed by atoms with Crippen LogP contribution in [0, 0.1) is 0 Å². The van der Waals surface area contributed by atoms with Crippen LogP contribution in [0.1, 0.15) is 0 Å². The maximum atomic E-state index is 4.40. The van der Waals surface area contributed by atoms with Crippen molar-refractivity contribution in [2.24, 2.45) is 0 Å². The third-order valence-electron chi connectivity index (χ3n) is 3.33. The van der Waals surface area contributed by atoms with E-state index in [0.29, 0.717) is 0 Å². The van der Waals surface area contributed by atoms with E-state index in [-0.39, 0.29) is 0 Å². The van der Waals surface area contributed by atoms with Crippen molar-refractivity contribution in [2.75, 3.05) is 12.4 Å². The maximum absolute atomic E-state index is 4.40. The van der Waals surface area contributed by atoms with Gasteiger partial charge in [0, 0.05) is 30.4 Å². The molecule has 2 aromatic heterocycles. The van der Waals surface area contributed by atoms with E-state index in [0.717, 1.165) is 27.7 Å². The Balaban J connectivity index is 2.06.